The Balaban J connectivity index is 2.35. The Morgan fingerprint density at radius 2 is 2.00 bits per heavy atom. The van der Waals surface area contributed by atoms with Crippen molar-refractivity contribution < 1.29 is 4.18 Å². The Hall–Kier alpha value is -0.770. The SMILES string of the molecule is CC(C)C1=NC(C(C)C)N=C2SOC=C21. The van der Waals surface area contributed by atoms with Crippen molar-refractivity contribution >= 4 is 22.8 Å². The minimum atomic E-state index is 0.0590. The number of aliphatic imine (C=N–C) groups is 2. The fourth-order valence-corrected chi connectivity index (χ4v) is 2.22. The predicted molar refractivity (Wildman–Crippen MR) is 65.1 cm³/mol. The van der Waals surface area contributed by atoms with Gasteiger partial charge >= 0.3 is 0 Å². The number of rotatable bonds is 2. The van der Waals surface area contributed by atoms with Crippen LogP contribution < -0.4 is 0 Å². The van der Waals surface area contributed by atoms with Gasteiger partial charge in [-0.3, -0.25) is 4.99 Å². The number of nitrogens with zero attached hydrogens (tertiary/aromatic N) is 2. The maximum absolute atomic E-state index is 5.24. The second-order valence-electron chi connectivity index (χ2n) is 4.47. The molecular weight excluding hydrogens is 208 g/mol. The summed E-state index contributed by atoms with van der Waals surface area (Å²) in [6.45, 7) is 8.60. The normalized spacial score (nSPS) is 24.7. The molecule has 0 bridgehead atoms. The van der Waals surface area contributed by atoms with Gasteiger partial charge in [-0.2, -0.15) is 0 Å². The van der Waals surface area contributed by atoms with Crippen molar-refractivity contribution in [3.63, 3.8) is 0 Å². The van der Waals surface area contributed by atoms with Crippen LogP contribution in [0.25, 0.3) is 0 Å². The van der Waals surface area contributed by atoms with Gasteiger partial charge in [-0.1, -0.05) is 27.7 Å². The molecule has 0 aromatic rings. The number of fused-ring (bicyclic) bond motifs is 1. The summed E-state index contributed by atoms with van der Waals surface area (Å²) >= 11 is 1.35. The molecule has 0 radical (unpaired) electrons. The van der Waals surface area contributed by atoms with Gasteiger partial charge in [-0.05, 0) is 11.8 Å². The first-order valence-corrected chi connectivity index (χ1v) is 6.03. The summed E-state index contributed by atoms with van der Waals surface area (Å²) in [4.78, 5) is 9.27. The Bertz CT molecular complexity index is 356. The summed E-state index contributed by atoms with van der Waals surface area (Å²) in [5, 5.41) is 0.993. The van der Waals surface area contributed by atoms with Gasteiger partial charge in [-0.15, -0.1) is 0 Å². The van der Waals surface area contributed by atoms with Crippen molar-refractivity contribution in [2.45, 2.75) is 33.9 Å². The number of hydrogen-bond donors (Lipinski definition) is 0. The molecule has 0 amide bonds. The molecule has 3 nitrogen and oxygen atoms in total. The molecule has 0 fully saturated rings. The quantitative estimate of drug-likeness (QED) is 0.676. The highest BCUT2D eigenvalue weighted by Gasteiger charge is 2.30. The van der Waals surface area contributed by atoms with Crippen molar-refractivity contribution in [3.8, 4) is 0 Å². The third kappa shape index (κ3) is 1.95. The van der Waals surface area contributed by atoms with Crippen molar-refractivity contribution in [1.29, 1.82) is 0 Å². The highest BCUT2D eigenvalue weighted by atomic mass is 32.2. The van der Waals surface area contributed by atoms with Gasteiger partial charge < -0.3 is 4.18 Å². The molecule has 2 heterocycles. The fraction of sp³-hybridized carbons (Fsp3) is 0.636. The topological polar surface area (TPSA) is 34.0 Å². The summed E-state index contributed by atoms with van der Waals surface area (Å²) < 4.78 is 5.24. The molecule has 1 atom stereocenters. The summed E-state index contributed by atoms with van der Waals surface area (Å²) in [5.74, 6) is 0.860. The Labute approximate surface area is 94.9 Å². The van der Waals surface area contributed by atoms with E-state index < -0.39 is 0 Å². The molecule has 0 spiro atoms. The summed E-state index contributed by atoms with van der Waals surface area (Å²) in [7, 11) is 0. The summed E-state index contributed by atoms with van der Waals surface area (Å²) in [5.41, 5.74) is 2.20. The van der Waals surface area contributed by atoms with Gasteiger partial charge in [0.2, 0.25) is 0 Å². The fourth-order valence-electron chi connectivity index (χ4n) is 1.59. The third-order valence-electron chi connectivity index (χ3n) is 2.46. The van der Waals surface area contributed by atoms with Crippen LogP contribution in [0.1, 0.15) is 27.7 Å². The molecule has 15 heavy (non-hydrogen) atoms. The smallest absolute Gasteiger partial charge is 0.145 e. The van der Waals surface area contributed by atoms with Crippen molar-refractivity contribution in [2.75, 3.05) is 0 Å². The molecule has 2 aliphatic heterocycles. The predicted octanol–water partition coefficient (Wildman–Crippen LogP) is 3.04. The van der Waals surface area contributed by atoms with Gasteiger partial charge in [0, 0.05) is 0 Å². The summed E-state index contributed by atoms with van der Waals surface area (Å²) in [6, 6.07) is 0. The molecule has 0 aromatic heterocycles. The van der Waals surface area contributed by atoms with Crippen molar-refractivity contribution in [2.24, 2.45) is 21.8 Å². The first-order chi connectivity index (χ1) is 7.09. The van der Waals surface area contributed by atoms with E-state index in [4.69, 9.17) is 9.18 Å². The van der Waals surface area contributed by atoms with E-state index in [-0.39, 0.29) is 6.17 Å². The molecule has 82 valence electrons. The van der Waals surface area contributed by atoms with Crippen molar-refractivity contribution in [1.82, 2.24) is 0 Å². The molecule has 2 aliphatic rings. The van der Waals surface area contributed by atoms with E-state index in [1.54, 1.807) is 6.26 Å². The minimum Gasteiger partial charge on any atom is -0.426 e. The minimum absolute atomic E-state index is 0.0590. The average molecular weight is 224 g/mol. The van der Waals surface area contributed by atoms with Crippen LogP contribution in [0.2, 0.25) is 0 Å². The first-order valence-electron chi connectivity index (χ1n) is 5.29. The van der Waals surface area contributed by atoms with E-state index >= 15 is 0 Å². The monoisotopic (exact) mass is 224 g/mol. The zero-order valence-corrected chi connectivity index (χ0v) is 10.3. The highest BCUT2D eigenvalue weighted by molar-refractivity contribution is 8.10. The number of hydrogen-bond acceptors (Lipinski definition) is 4. The van der Waals surface area contributed by atoms with Crippen LogP contribution in [0.4, 0.5) is 0 Å². The lowest BCUT2D eigenvalue weighted by atomic mass is 9.99. The first kappa shape index (κ1) is 10.7. The summed E-state index contributed by atoms with van der Waals surface area (Å²) in [6.07, 6.45) is 1.82. The van der Waals surface area contributed by atoms with Crippen LogP contribution in [-0.2, 0) is 4.18 Å². The van der Waals surface area contributed by atoms with Crippen molar-refractivity contribution in [3.05, 3.63) is 11.8 Å². The molecule has 2 rings (SSSR count). The molecule has 0 aliphatic carbocycles. The van der Waals surface area contributed by atoms with Crippen LogP contribution in [0, 0.1) is 11.8 Å². The lowest BCUT2D eigenvalue weighted by Gasteiger charge is -2.22. The molecule has 0 saturated heterocycles. The molecule has 0 saturated carbocycles. The molecule has 4 heteroatoms. The van der Waals surface area contributed by atoms with E-state index in [2.05, 4.69) is 32.7 Å². The second kappa shape index (κ2) is 4.00. The maximum atomic E-state index is 5.24. The van der Waals surface area contributed by atoms with Crippen LogP contribution >= 0.6 is 12.0 Å². The van der Waals surface area contributed by atoms with Gasteiger partial charge in [0.1, 0.15) is 29.5 Å². The molecule has 0 N–H and O–H groups in total. The third-order valence-corrected chi connectivity index (χ3v) is 3.14. The Morgan fingerprint density at radius 3 is 2.60 bits per heavy atom. The van der Waals surface area contributed by atoms with E-state index in [9.17, 15) is 0 Å². The Kier molecular flexibility index (Phi) is 2.87. The van der Waals surface area contributed by atoms with Crippen LogP contribution in [0.3, 0.4) is 0 Å². The largest absolute Gasteiger partial charge is 0.426 e. The lowest BCUT2D eigenvalue weighted by Crippen LogP contribution is -2.26. The molecular formula is C11H16N2OS. The van der Waals surface area contributed by atoms with E-state index in [1.165, 1.54) is 12.0 Å². The van der Waals surface area contributed by atoms with Gasteiger partial charge in [-0.25, -0.2) is 4.99 Å². The lowest BCUT2D eigenvalue weighted by molar-refractivity contribution is 0.510. The van der Waals surface area contributed by atoms with Gasteiger partial charge in [0.25, 0.3) is 0 Å². The maximum Gasteiger partial charge on any atom is 0.145 e. The second-order valence-corrected chi connectivity index (χ2v) is 5.22. The zero-order chi connectivity index (χ0) is 11.0. The van der Waals surface area contributed by atoms with Crippen LogP contribution in [-0.4, -0.2) is 16.9 Å². The molecule has 1 unspecified atom stereocenters. The zero-order valence-electron chi connectivity index (χ0n) is 9.52. The van der Waals surface area contributed by atoms with Gasteiger partial charge in [0.05, 0.1) is 11.3 Å². The highest BCUT2D eigenvalue weighted by Crippen LogP contribution is 2.31. The van der Waals surface area contributed by atoms with Crippen LogP contribution in [0.5, 0.6) is 0 Å². The Morgan fingerprint density at radius 1 is 1.27 bits per heavy atom. The average Bonchev–Trinajstić information content (AvgIpc) is 2.62. The van der Waals surface area contributed by atoms with E-state index in [0.717, 1.165) is 16.3 Å². The van der Waals surface area contributed by atoms with Gasteiger partial charge in [0.15, 0.2) is 0 Å². The van der Waals surface area contributed by atoms with Crippen LogP contribution in [0.15, 0.2) is 21.8 Å². The molecule has 0 aromatic carbocycles. The van der Waals surface area contributed by atoms with E-state index in [0.29, 0.717) is 11.8 Å². The standard InChI is InChI=1S/C11H16N2OS/c1-6(2)9-8-5-14-15-11(8)13-10(12-9)7(3)4/h5-7,10H,1-4H3. The van der Waals surface area contributed by atoms with E-state index in [1.807, 2.05) is 0 Å².